The van der Waals surface area contributed by atoms with Gasteiger partial charge in [0.05, 0.1) is 0 Å². The van der Waals surface area contributed by atoms with Crippen LogP contribution in [0.4, 0.5) is 5.69 Å². The minimum absolute atomic E-state index is 0.214. The van der Waals surface area contributed by atoms with E-state index in [1.54, 1.807) is 0 Å². The molecule has 6 nitrogen and oxygen atoms in total. The number of hydrogen-bond acceptors (Lipinski definition) is 4. The summed E-state index contributed by atoms with van der Waals surface area (Å²) in [7, 11) is -3.93. The van der Waals surface area contributed by atoms with Gasteiger partial charge in [-0.25, -0.2) is 4.72 Å². The zero-order chi connectivity index (χ0) is 11.5. The highest BCUT2D eigenvalue weighted by molar-refractivity contribution is 7.90. The van der Waals surface area contributed by atoms with Crippen molar-refractivity contribution >= 4 is 28.5 Å². The van der Waals surface area contributed by atoms with Crippen molar-refractivity contribution in [2.75, 3.05) is 11.8 Å². The topological polar surface area (TPSA) is 98.7 Å². The molecule has 0 aliphatic rings. The van der Waals surface area contributed by atoms with E-state index in [0.717, 1.165) is 0 Å². The van der Waals surface area contributed by atoms with Crippen LogP contribution in [0.25, 0.3) is 0 Å². The Morgan fingerprint density at radius 3 is 2.53 bits per heavy atom. The van der Waals surface area contributed by atoms with E-state index < -0.39 is 17.3 Å². The van der Waals surface area contributed by atoms with Crippen LogP contribution in [-0.4, -0.2) is 32.6 Å². The van der Waals surface area contributed by atoms with Crippen molar-refractivity contribution in [3.05, 3.63) is 24.3 Å². The van der Waals surface area contributed by atoms with Crippen LogP contribution in [0, 0.1) is 0 Å². The van der Waals surface area contributed by atoms with E-state index in [1.165, 1.54) is 31.3 Å². The second-order valence-electron chi connectivity index (χ2n) is 2.81. The lowest BCUT2D eigenvalue weighted by atomic mass is 9.80. The maximum Gasteiger partial charge on any atom is 0.488 e. The highest BCUT2D eigenvalue weighted by atomic mass is 32.2. The van der Waals surface area contributed by atoms with Crippen molar-refractivity contribution in [1.29, 1.82) is 0 Å². The minimum Gasteiger partial charge on any atom is -0.423 e. The third-order valence-electron chi connectivity index (χ3n) is 1.71. The first kappa shape index (κ1) is 12.0. The molecule has 1 aromatic rings. The Hall–Kier alpha value is -1.09. The van der Waals surface area contributed by atoms with Gasteiger partial charge in [0.2, 0.25) is 0 Å². The van der Waals surface area contributed by atoms with Gasteiger partial charge in [-0.2, -0.15) is 8.42 Å². The fraction of sp³-hybridized carbons (Fsp3) is 0.143. The molecular weight excluding hydrogens is 219 g/mol. The molecule has 0 heterocycles. The van der Waals surface area contributed by atoms with Gasteiger partial charge in [-0.1, -0.05) is 12.1 Å². The quantitative estimate of drug-likeness (QED) is 0.460. The summed E-state index contributed by atoms with van der Waals surface area (Å²) in [5, 5.41) is 17.7. The number of benzene rings is 1. The van der Waals surface area contributed by atoms with Crippen LogP contribution in [0.3, 0.4) is 0 Å². The normalized spacial score (nSPS) is 11.1. The summed E-state index contributed by atoms with van der Waals surface area (Å²) in [6.07, 6.45) is 0. The summed E-state index contributed by atoms with van der Waals surface area (Å²) in [4.78, 5) is 0. The highest BCUT2D eigenvalue weighted by Crippen LogP contribution is 2.05. The maximum absolute atomic E-state index is 11.1. The van der Waals surface area contributed by atoms with Crippen LogP contribution < -0.4 is 14.9 Å². The minimum atomic E-state index is -3.58. The summed E-state index contributed by atoms with van der Waals surface area (Å²) >= 11 is 0. The van der Waals surface area contributed by atoms with Crippen molar-refractivity contribution in [2.45, 2.75) is 0 Å². The van der Waals surface area contributed by atoms with Gasteiger partial charge in [-0.3, -0.25) is 4.72 Å². The average Bonchev–Trinajstić information content (AvgIpc) is 2.17. The number of rotatable bonds is 4. The van der Waals surface area contributed by atoms with Crippen LogP contribution in [0.1, 0.15) is 0 Å². The van der Waals surface area contributed by atoms with Crippen molar-refractivity contribution in [3.63, 3.8) is 0 Å². The second-order valence-corrected chi connectivity index (χ2v) is 4.43. The summed E-state index contributed by atoms with van der Waals surface area (Å²) in [6.45, 7) is 0. The molecule has 0 unspecified atom stereocenters. The summed E-state index contributed by atoms with van der Waals surface area (Å²) in [5.74, 6) is 0. The predicted octanol–water partition coefficient (Wildman–Crippen LogP) is -1.76. The molecule has 0 saturated carbocycles. The molecule has 0 aliphatic heterocycles. The van der Waals surface area contributed by atoms with Crippen molar-refractivity contribution in [2.24, 2.45) is 0 Å². The van der Waals surface area contributed by atoms with Gasteiger partial charge < -0.3 is 10.0 Å². The van der Waals surface area contributed by atoms with E-state index in [2.05, 4.69) is 9.44 Å². The first-order chi connectivity index (χ1) is 6.94. The molecule has 8 heteroatoms. The lowest BCUT2D eigenvalue weighted by Crippen LogP contribution is -2.31. The lowest BCUT2D eigenvalue weighted by molar-refractivity contribution is 0.426. The molecule has 0 saturated heterocycles. The van der Waals surface area contributed by atoms with E-state index in [0.29, 0.717) is 0 Å². The van der Waals surface area contributed by atoms with Crippen molar-refractivity contribution < 1.29 is 18.5 Å². The molecule has 0 fully saturated rings. The predicted molar refractivity (Wildman–Crippen MR) is 57.9 cm³/mol. The van der Waals surface area contributed by atoms with Gasteiger partial charge in [0.15, 0.2) is 0 Å². The summed E-state index contributed by atoms with van der Waals surface area (Å²) < 4.78 is 26.5. The molecular formula is C7H11BN2O4S. The van der Waals surface area contributed by atoms with E-state index >= 15 is 0 Å². The largest absolute Gasteiger partial charge is 0.488 e. The van der Waals surface area contributed by atoms with E-state index in [1.807, 2.05) is 0 Å². The molecule has 1 aromatic carbocycles. The number of hydrogen-bond donors (Lipinski definition) is 4. The van der Waals surface area contributed by atoms with Gasteiger partial charge in [0.1, 0.15) is 0 Å². The zero-order valence-corrected chi connectivity index (χ0v) is 8.82. The lowest BCUT2D eigenvalue weighted by Gasteiger charge is -2.07. The molecule has 0 amide bonds. The maximum atomic E-state index is 11.1. The fourth-order valence-corrected chi connectivity index (χ4v) is 1.51. The number of anilines is 1. The standard InChI is InChI=1S/C7H11BN2O4S/c1-9-15(13,14)10-7-4-2-3-6(5-7)8(11)12/h2-5,9-12H,1H3. The highest BCUT2D eigenvalue weighted by Gasteiger charge is 2.12. The molecule has 1 rings (SSSR count). The first-order valence-corrected chi connectivity index (χ1v) is 5.60. The van der Waals surface area contributed by atoms with Crippen LogP contribution in [0.2, 0.25) is 0 Å². The monoisotopic (exact) mass is 230 g/mol. The third kappa shape index (κ3) is 3.52. The van der Waals surface area contributed by atoms with Gasteiger partial charge in [0, 0.05) is 12.7 Å². The molecule has 15 heavy (non-hydrogen) atoms. The van der Waals surface area contributed by atoms with Crippen molar-refractivity contribution in [3.8, 4) is 0 Å². The smallest absolute Gasteiger partial charge is 0.423 e. The second kappa shape index (κ2) is 4.62. The van der Waals surface area contributed by atoms with Gasteiger partial charge in [-0.05, 0) is 17.6 Å². The summed E-state index contributed by atoms with van der Waals surface area (Å²) in [5.41, 5.74) is 0.473. The van der Waals surface area contributed by atoms with Crippen molar-refractivity contribution in [1.82, 2.24) is 4.72 Å². The molecule has 0 spiro atoms. The molecule has 4 N–H and O–H groups in total. The Morgan fingerprint density at radius 1 is 1.33 bits per heavy atom. The fourth-order valence-electron chi connectivity index (χ4n) is 0.969. The Morgan fingerprint density at radius 2 is 2.00 bits per heavy atom. The van der Waals surface area contributed by atoms with E-state index in [4.69, 9.17) is 10.0 Å². The Labute approximate surface area is 88.3 Å². The van der Waals surface area contributed by atoms with Crippen LogP contribution in [0.5, 0.6) is 0 Å². The average molecular weight is 230 g/mol. The molecule has 0 radical (unpaired) electrons. The zero-order valence-electron chi connectivity index (χ0n) is 8.01. The van der Waals surface area contributed by atoms with Gasteiger partial charge in [0.25, 0.3) is 10.2 Å². The molecule has 0 bridgehead atoms. The van der Waals surface area contributed by atoms with E-state index in [-0.39, 0.29) is 11.2 Å². The van der Waals surface area contributed by atoms with Gasteiger partial charge in [-0.15, -0.1) is 0 Å². The summed E-state index contributed by atoms with van der Waals surface area (Å²) in [6, 6.07) is 5.82. The Balaban J connectivity index is 2.92. The van der Waals surface area contributed by atoms with Crippen LogP contribution >= 0.6 is 0 Å². The SMILES string of the molecule is CNS(=O)(=O)Nc1cccc(B(O)O)c1. The number of nitrogens with one attached hydrogen (secondary N) is 2. The Bertz CT molecular complexity index is 434. The molecule has 0 atom stereocenters. The molecule has 0 aromatic heterocycles. The Kier molecular flexibility index (Phi) is 3.69. The first-order valence-electron chi connectivity index (χ1n) is 4.12. The van der Waals surface area contributed by atoms with Crippen LogP contribution in [0.15, 0.2) is 24.3 Å². The van der Waals surface area contributed by atoms with E-state index in [9.17, 15) is 8.42 Å². The van der Waals surface area contributed by atoms with Gasteiger partial charge >= 0.3 is 7.12 Å². The molecule has 0 aliphatic carbocycles. The van der Waals surface area contributed by atoms with Crippen LogP contribution in [-0.2, 0) is 10.2 Å². The molecule has 82 valence electrons. The third-order valence-corrected chi connectivity index (χ3v) is 2.75.